The van der Waals surface area contributed by atoms with Crippen molar-refractivity contribution in [2.75, 3.05) is 11.9 Å². The van der Waals surface area contributed by atoms with Gasteiger partial charge in [0.1, 0.15) is 11.6 Å². The summed E-state index contributed by atoms with van der Waals surface area (Å²) in [5.74, 6) is -1.03. The van der Waals surface area contributed by atoms with Crippen LogP contribution in [0.1, 0.15) is 36.5 Å². The lowest BCUT2D eigenvalue weighted by Crippen LogP contribution is -2.31. The van der Waals surface area contributed by atoms with Gasteiger partial charge in [-0.15, -0.1) is 0 Å². The number of nitrogens with zero attached hydrogens (tertiary/aromatic N) is 1. The van der Waals surface area contributed by atoms with Crippen LogP contribution in [0.5, 0.6) is 0 Å². The monoisotopic (exact) mass is 485 g/mol. The first-order chi connectivity index (χ1) is 15.9. The lowest BCUT2D eigenvalue weighted by molar-refractivity contribution is -0.138. The molecule has 170 valence electrons. The average molecular weight is 486 g/mol. The van der Waals surface area contributed by atoms with Crippen molar-refractivity contribution in [2.45, 2.75) is 30.7 Å². The number of ether oxygens (including phenoxy) is 1. The summed E-state index contributed by atoms with van der Waals surface area (Å²) in [7, 11) is 0. The largest absolute Gasteiger partial charge is 0.463 e. The van der Waals surface area contributed by atoms with E-state index in [2.05, 4.69) is 15.3 Å². The molecule has 1 unspecified atom stereocenters. The molecule has 4 rings (SSSR count). The number of fused-ring (bicyclic) bond motifs is 1. The standard InChI is InChI=1S/C24H21ClFN3O3S/c1-3-32-23(31)18-13(2)27-21-20(19(18)14-8-6-9-16(26)11-14)22(30)29-24(28-21)33-12-15-7-4-5-10-17(15)25/h4-11,19H,3,12H2,1-2H3,(H2,27,28,29,30). The topological polar surface area (TPSA) is 84.1 Å². The van der Waals surface area contributed by atoms with Crippen LogP contribution in [0, 0.1) is 5.82 Å². The van der Waals surface area contributed by atoms with Crippen LogP contribution in [-0.4, -0.2) is 22.5 Å². The van der Waals surface area contributed by atoms with Crippen LogP contribution in [0.2, 0.25) is 5.02 Å². The van der Waals surface area contributed by atoms with Crippen molar-refractivity contribution in [1.29, 1.82) is 0 Å². The number of allylic oxidation sites excluding steroid dienone is 1. The normalized spacial score (nSPS) is 15.1. The van der Waals surface area contributed by atoms with E-state index in [0.717, 1.165) is 5.56 Å². The van der Waals surface area contributed by atoms with Crippen molar-refractivity contribution in [3.05, 3.63) is 97.7 Å². The van der Waals surface area contributed by atoms with Gasteiger partial charge in [0, 0.05) is 16.5 Å². The molecule has 1 aliphatic rings. The molecule has 1 aromatic heterocycles. The molecule has 0 bridgehead atoms. The first-order valence-corrected chi connectivity index (χ1v) is 11.7. The third kappa shape index (κ3) is 4.82. The molecule has 3 aromatic rings. The number of aromatic nitrogens is 2. The van der Waals surface area contributed by atoms with Gasteiger partial charge in [0.05, 0.1) is 23.7 Å². The van der Waals surface area contributed by atoms with Crippen LogP contribution in [0.15, 0.2) is 69.8 Å². The van der Waals surface area contributed by atoms with Gasteiger partial charge in [0.15, 0.2) is 5.16 Å². The fourth-order valence-electron chi connectivity index (χ4n) is 3.76. The van der Waals surface area contributed by atoms with E-state index in [-0.39, 0.29) is 17.7 Å². The lowest BCUT2D eigenvalue weighted by Gasteiger charge is -2.28. The highest BCUT2D eigenvalue weighted by molar-refractivity contribution is 7.98. The summed E-state index contributed by atoms with van der Waals surface area (Å²) >= 11 is 7.56. The van der Waals surface area contributed by atoms with Gasteiger partial charge in [-0.2, -0.15) is 0 Å². The van der Waals surface area contributed by atoms with Gasteiger partial charge in [0.2, 0.25) is 0 Å². The fraction of sp³-hybridized carbons (Fsp3) is 0.208. The number of H-pyrrole nitrogens is 1. The molecule has 1 atom stereocenters. The predicted octanol–water partition coefficient (Wildman–Crippen LogP) is 5.25. The Balaban J connectivity index is 1.77. The number of anilines is 1. The number of carbonyl (C=O) groups excluding carboxylic acids is 1. The maximum Gasteiger partial charge on any atom is 0.336 e. The van der Waals surface area contributed by atoms with Gasteiger partial charge in [-0.1, -0.05) is 53.7 Å². The van der Waals surface area contributed by atoms with Crippen LogP contribution >= 0.6 is 23.4 Å². The zero-order valence-corrected chi connectivity index (χ0v) is 19.5. The molecule has 9 heteroatoms. The Morgan fingerprint density at radius 3 is 2.76 bits per heavy atom. The molecule has 0 saturated heterocycles. The minimum Gasteiger partial charge on any atom is -0.463 e. The highest BCUT2D eigenvalue weighted by atomic mass is 35.5. The third-order valence-electron chi connectivity index (χ3n) is 5.22. The maximum atomic E-state index is 14.1. The Labute approximate surface area is 199 Å². The van der Waals surface area contributed by atoms with Crippen molar-refractivity contribution < 1.29 is 13.9 Å². The second kappa shape index (κ2) is 9.80. The van der Waals surface area contributed by atoms with Crippen LogP contribution in [0.25, 0.3) is 0 Å². The van der Waals surface area contributed by atoms with Crippen molar-refractivity contribution in [1.82, 2.24) is 9.97 Å². The number of hydrogen-bond donors (Lipinski definition) is 2. The SMILES string of the molecule is CCOC(=O)C1=C(C)Nc2nc(SCc3ccccc3Cl)[nH]c(=O)c2C1c1cccc(F)c1. The molecule has 0 amide bonds. The summed E-state index contributed by atoms with van der Waals surface area (Å²) < 4.78 is 19.3. The molecule has 33 heavy (non-hydrogen) atoms. The van der Waals surface area contributed by atoms with Gasteiger partial charge in [-0.3, -0.25) is 4.79 Å². The summed E-state index contributed by atoms with van der Waals surface area (Å²) in [6, 6.07) is 13.3. The van der Waals surface area contributed by atoms with Crippen LogP contribution in [-0.2, 0) is 15.3 Å². The summed E-state index contributed by atoms with van der Waals surface area (Å²) in [5.41, 5.74) is 1.93. The summed E-state index contributed by atoms with van der Waals surface area (Å²) in [6.45, 7) is 3.58. The van der Waals surface area contributed by atoms with E-state index < -0.39 is 23.3 Å². The van der Waals surface area contributed by atoms with Crippen LogP contribution < -0.4 is 10.9 Å². The van der Waals surface area contributed by atoms with E-state index in [4.69, 9.17) is 16.3 Å². The van der Waals surface area contributed by atoms with E-state index in [1.807, 2.05) is 18.2 Å². The second-order valence-corrected chi connectivity index (χ2v) is 8.76. The van der Waals surface area contributed by atoms with E-state index >= 15 is 0 Å². The minimum atomic E-state index is -0.824. The van der Waals surface area contributed by atoms with Gasteiger partial charge < -0.3 is 15.0 Å². The molecule has 0 radical (unpaired) electrons. The zero-order valence-electron chi connectivity index (χ0n) is 17.9. The highest BCUT2D eigenvalue weighted by Gasteiger charge is 2.36. The Bertz CT molecular complexity index is 1310. The molecular weight excluding hydrogens is 465 g/mol. The highest BCUT2D eigenvalue weighted by Crippen LogP contribution is 2.40. The predicted molar refractivity (Wildman–Crippen MR) is 127 cm³/mol. The average Bonchev–Trinajstić information content (AvgIpc) is 2.77. The first kappa shape index (κ1) is 23.1. The third-order valence-corrected chi connectivity index (χ3v) is 6.51. The van der Waals surface area contributed by atoms with E-state index in [1.165, 1.54) is 23.9 Å². The molecule has 2 aromatic carbocycles. The number of hydrogen-bond acceptors (Lipinski definition) is 6. The first-order valence-electron chi connectivity index (χ1n) is 10.3. The quantitative estimate of drug-likeness (QED) is 0.282. The van der Waals surface area contributed by atoms with Crippen molar-refractivity contribution >= 4 is 35.1 Å². The van der Waals surface area contributed by atoms with Gasteiger partial charge in [-0.25, -0.2) is 14.2 Å². The van der Waals surface area contributed by atoms with E-state index in [1.54, 1.807) is 32.0 Å². The molecule has 1 aliphatic heterocycles. The summed E-state index contributed by atoms with van der Waals surface area (Å²) in [6.07, 6.45) is 0. The van der Waals surface area contributed by atoms with E-state index in [0.29, 0.717) is 33.0 Å². The number of nitrogens with one attached hydrogen (secondary N) is 2. The molecule has 0 spiro atoms. The second-order valence-electron chi connectivity index (χ2n) is 7.39. The van der Waals surface area contributed by atoms with Crippen molar-refractivity contribution in [3.8, 4) is 0 Å². The Kier molecular flexibility index (Phi) is 6.85. The molecular formula is C24H21ClFN3O3S. The molecule has 2 heterocycles. The minimum absolute atomic E-state index is 0.171. The zero-order chi connectivity index (χ0) is 23.5. The number of benzene rings is 2. The number of carbonyl (C=O) groups is 1. The number of thioether (sulfide) groups is 1. The summed E-state index contributed by atoms with van der Waals surface area (Å²) in [5, 5.41) is 4.10. The van der Waals surface area contributed by atoms with Crippen LogP contribution in [0.3, 0.4) is 0 Å². The molecule has 0 saturated carbocycles. The number of halogens is 2. The van der Waals surface area contributed by atoms with Gasteiger partial charge in [0.25, 0.3) is 5.56 Å². The Morgan fingerprint density at radius 2 is 2.03 bits per heavy atom. The summed E-state index contributed by atoms with van der Waals surface area (Å²) in [4.78, 5) is 33.4. The van der Waals surface area contributed by atoms with Crippen molar-refractivity contribution in [2.24, 2.45) is 0 Å². The smallest absolute Gasteiger partial charge is 0.336 e. The number of aromatic amines is 1. The lowest BCUT2D eigenvalue weighted by atomic mass is 9.82. The Morgan fingerprint density at radius 1 is 1.24 bits per heavy atom. The molecule has 0 fully saturated rings. The van der Waals surface area contributed by atoms with E-state index in [9.17, 15) is 14.0 Å². The van der Waals surface area contributed by atoms with Crippen LogP contribution in [0.4, 0.5) is 10.2 Å². The molecule has 0 aliphatic carbocycles. The Hall–Kier alpha value is -3.10. The number of rotatable bonds is 6. The molecule has 2 N–H and O–H groups in total. The van der Waals surface area contributed by atoms with Gasteiger partial charge >= 0.3 is 5.97 Å². The molecule has 6 nitrogen and oxygen atoms in total. The van der Waals surface area contributed by atoms with Gasteiger partial charge in [-0.05, 0) is 43.2 Å². The van der Waals surface area contributed by atoms with Crippen molar-refractivity contribution in [3.63, 3.8) is 0 Å². The fourth-order valence-corrected chi connectivity index (χ4v) is 4.91. The number of esters is 1. The maximum absolute atomic E-state index is 14.1.